The van der Waals surface area contributed by atoms with Gasteiger partial charge in [0.2, 0.25) is 0 Å². The third-order valence-electron chi connectivity index (χ3n) is 4.33. The summed E-state index contributed by atoms with van der Waals surface area (Å²) in [6.45, 7) is 4.18. The van der Waals surface area contributed by atoms with Crippen LogP contribution in [0.1, 0.15) is 29.0 Å². The van der Waals surface area contributed by atoms with Crippen molar-refractivity contribution in [3.05, 3.63) is 34.0 Å². The van der Waals surface area contributed by atoms with Crippen molar-refractivity contribution in [2.45, 2.75) is 19.8 Å². The molecule has 1 aliphatic rings. The highest BCUT2D eigenvalue weighted by atomic mass is 79.9. The predicted molar refractivity (Wildman–Crippen MR) is 86.3 cm³/mol. The Morgan fingerprint density at radius 2 is 2.14 bits per heavy atom. The first-order valence-corrected chi connectivity index (χ1v) is 8.07. The zero-order valence-electron chi connectivity index (χ0n) is 12.1. The molecule has 4 nitrogen and oxygen atoms in total. The van der Waals surface area contributed by atoms with Gasteiger partial charge < -0.3 is 15.1 Å². The number of fused-ring (bicyclic) bond motifs is 1. The Morgan fingerprint density at radius 1 is 1.43 bits per heavy atom. The quantitative estimate of drug-likeness (QED) is 0.903. The van der Waals surface area contributed by atoms with Gasteiger partial charge in [0.25, 0.3) is 5.91 Å². The topological polar surface area (TPSA) is 59.5 Å². The minimum Gasteiger partial charge on any atom is -0.451 e. The molecule has 1 amide bonds. The van der Waals surface area contributed by atoms with Crippen LogP contribution in [0.15, 0.2) is 27.1 Å². The van der Waals surface area contributed by atoms with E-state index < -0.39 is 0 Å². The zero-order valence-corrected chi connectivity index (χ0v) is 13.6. The number of hydrogen-bond donors (Lipinski definition) is 1. The van der Waals surface area contributed by atoms with Crippen LogP contribution in [0.4, 0.5) is 0 Å². The molecule has 2 N–H and O–H groups in total. The van der Waals surface area contributed by atoms with Gasteiger partial charge in [-0.1, -0.05) is 15.9 Å². The fraction of sp³-hybridized carbons (Fsp3) is 0.438. The van der Waals surface area contributed by atoms with E-state index in [1.54, 1.807) is 0 Å². The van der Waals surface area contributed by atoms with Crippen molar-refractivity contribution >= 4 is 32.8 Å². The lowest BCUT2D eigenvalue weighted by Crippen LogP contribution is -2.40. The van der Waals surface area contributed by atoms with Gasteiger partial charge in [0.1, 0.15) is 5.58 Å². The number of nitrogens with zero attached hydrogens (tertiary/aromatic N) is 1. The van der Waals surface area contributed by atoms with E-state index in [1.165, 1.54) is 0 Å². The monoisotopic (exact) mass is 350 g/mol. The maximum Gasteiger partial charge on any atom is 0.289 e. The predicted octanol–water partition coefficient (Wildman–Crippen LogP) is 3.31. The lowest BCUT2D eigenvalue weighted by atomic mass is 9.97. The molecule has 0 atom stereocenters. The van der Waals surface area contributed by atoms with E-state index in [-0.39, 0.29) is 5.91 Å². The summed E-state index contributed by atoms with van der Waals surface area (Å²) in [6.07, 6.45) is 1.96. The molecule has 0 bridgehead atoms. The summed E-state index contributed by atoms with van der Waals surface area (Å²) in [7, 11) is 0. The van der Waals surface area contributed by atoms with Gasteiger partial charge in [-0.3, -0.25) is 4.79 Å². The van der Waals surface area contributed by atoms with E-state index in [2.05, 4.69) is 15.9 Å². The fourth-order valence-electron chi connectivity index (χ4n) is 2.91. The smallest absolute Gasteiger partial charge is 0.289 e. The Morgan fingerprint density at radius 3 is 2.81 bits per heavy atom. The molecule has 0 spiro atoms. The molecule has 0 aliphatic carbocycles. The van der Waals surface area contributed by atoms with Crippen molar-refractivity contribution in [2.24, 2.45) is 11.7 Å². The molecular formula is C16H19BrN2O2. The van der Waals surface area contributed by atoms with Gasteiger partial charge in [0.05, 0.1) is 0 Å². The number of aryl methyl sites for hydroxylation is 1. The molecule has 1 aromatic heterocycles. The number of piperidine rings is 1. The highest BCUT2D eigenvalue weighted by Crippen LogP contribution is 2.29. The van der Waals surface area contributed by atoms with Crippen LogP contribution in [-0.4, -0.2) is 30.4 Å². The van der Waals surface area contributed by atoms with Gasteiger partial charge in [-0.25, -0.2) is 0 Å². The Labute approximate surface area is 132 Å². The second-order valence-electron chi connectivity index (χ2n) is 5.67. The van der Waals surface area contributed by atoms with Gasteiger partial charge in [0.15, 0.2) is 5.76 Å². The van der Waals surface area contributed by atoms with Crippen LogP contribution in [0.3, 0.4) is 0 Å². The first-order valence-electron chi connectivity index (χ1n) is 7.28. The SMILES string of the molecule is Cc1c(C(=O)N2CCC(CN)CC2)oc2ccc(Br)cc12. The van der Waals surface area contributed by atoms with Crippen LogP contribution in [0, 0.1) is 12.8 Å². The highest BCUT2D eigenvalue weighted by Gasteiger charge is 2.27. The number of rotatable bonds is 2. The van der Waals surface area contributed by atoms with Crippen molar-refractivity contribution in [2.75, 3.05) is 19.6 Å². The average molecular weight is 351 g/mol. The van der Waals surface area contributed by atoms with Crippen LogP contribution in [0.5, 0.6) is 0 Å². The lowest BCUT2D eigenvalue weighted by molar-refractivity contribution is 0.0662. The molecule has 0 radical (unpaired) electrons. The van der Waals surface area contributed by atoms with Crippen molar-refractivity contribution in [1.29, 1.82) is 0 Å². The maximum atomic E-state index is 12.7. The van der Waals surface area contributed by atoms with E-state index >= 15 is 0 Å². The number of benzene rings is 1. The molecule has 3 rings (SSSR count). The molecule has 0 unspecified atom stereocenters. The lowest BCUT2D eigenvalue weighted by Gasteiger charge is -2.30. The van der Waals surface area contributed by atoms with Crippen molar-refractivity contribution < 1.29 is 9.21 Å². The minimum absolute atomic E-state index is 0.00436. The summed E-state index contributed by atoms with van der Waals surface area (Å²) < 4.78 is 6.77. The number of likely N-dealkylation sites (tertiary alicyclic amines) is 1. The summed E-state index contributed by atoms with van der Waals surface area (Å²) in [5.74, 6) is 1.01. The molecule has 21 heavy (non-hydrogen) atoms. The van der Waals surface area contributed by atoms with Crippen molar-refractivity contribution in [1.82, 2.24) is 4.90 Å². The van der Waals surface area contributed by atoms with Crippen LogP contribution >= 0.6 is 15.9 Å². The molecule has 1 fully saturated rings. The fourth-order valence-corrected chi connectivity index (χ4v) is 3.27. The first kappa shape index (κ1) is 14.6. The summed E-state index contributed by atoms with van der Waals surface area (Å²) in [5.41, 5.74) is 7.37. The Hall–Kier alpha value is -1.33. The van der Waals surface area contributed by atoms with Crippen LogP contribution in [0.25, 0.3) is 11.0 Å². The van der Waals surface area contributed by atoms with E-state index in [0.717, 1.165) is 46.9 Å². The zero-order chi connectivity index (χ0) is 15.0. The minimum atomic E-state index is -0.00436. The Kier molecular flexibility index (Phi) is 4.04. The van der Waals surface area contributed by atoms with Gasteiger partial charge in [0, 0.05) is 28.5 Å². The highest BCUT2D eigenvalue weighted by molar-refractivity contribution is 9.10. The molecule has 1 aromatic carbocycles. The summed E-state index contributed by atoms with van der Waals surface area (Å²) in [6, 6.07) is 5.81. The summed E-state index contributed by atoms with van der Waals surface area (Å²) in [4.78, 5) is 14.5. The van der Waals surface area contributed by atoms with E-state index in [9.17, 15) is 4.79 Å². The maximum absolute atomic E-state index is 12.7. The largest absolute Gasteiger partial charge is 0.451 e. The summed E-state index contributed by atoms with van der Waals surface area (Å²) >= 11 is 3.46. The number of furan rings is 1. The third kappa shape index (κ3) is 2.72. The van der Waals surface area contributed by atoms with Gasteiger partial charge in [-0.2, -0.15) is 0 Å². The molecule has 1 saturated heterocycles. The molecular weight excluding hydrogens is 332 g/mol. The third-order valence-corrected chi connectivity index (χ3v) is 4.82. The molecule has 2 aromatic rings. The van der Waals surface area contributed by atoms with Gasteiger partial charge in [-0.05, 0) is 50.4 Å². The molecule has 2 heterocycles. The number of nitrogens with two attached hydrogens (primary N) is 1. The molecule has 112 valence electrons. The van der Waals surface area contributed by atoms with E-state index in [4.69, 9.17) is 10.2 Å². The summed E-state index contributed by atoms with van der Waals surface area (Å²) in [5, 5.41) is 0.990. The second-order valence-corrected chi connectivity index (χ2v) is 6.58. The Bertz CT molecular complexity index is 672. The standard InChI is InChI=1S/C16H19BrN2O2/c1-10-13-8-12(17)2-3-14(13)21-15(10)16(20)19-6-4-11(9-18)5-7-19/h2-3,8,11H,4-7,9,18H2,1H3. The molecule has 1 aliphatic heterocycles. The van der Waals surface area contributed by atoms with Gasteiger partial charge in [-0.15, -0.1) is 0 Å². The number of carbonyl (C=O) groups excluding carboxylic acids is 1. The van der Waals surface area contributed by atoms with Crippen LogP contribution < -0.4 is 5.73 Å². The molecule has 5 heteroatoms. The van der Waals surface area contributed by atoms with Crippen LogP contribution in [0.2, 0.25) is 0 Å². The van der Waals surface area contributed by atoms with E-state index in [1.807, 2.05) is 30.0 Å². The number of amides is 1. The van der Waals surface area contributed by atoms with E-state index in [0.29, 0.717) is 18.2 Å². The normalized spacial score (nSPS) is 16.6. The number of halogens is 1. The van der Waals surface area contributed by atoms with Crippen molar-refractivity contribution in [3.63, 3.8) is 0 Å². The van der Waals surface area contributed by atoms with Crippen molar-refractivity contribution in [3.8, 4) is 0 Å². The first-order chi connectivity index (χ1) is 10.1. The molecule has 0 saturated carbocycles. The number of hydrogen-bond acceptors (Lipinski definition) is 3. The number of carbonyl (C=O) groups is 1. The second kappa shape index (κ2) is 5.81. The average Bonchev–Trinajstić information content (AvgIpc) is 2.83. The Balaban J connectivity index is 1.87. The van der Waals surface area contributed by atoms with Gasteiger partial charge >= 0.3 is 0 Å². The van der Waals surface area contributed by atoms with Crippen LogP contribution in [-0.2, 0) is 0 Å².